The number of hydrogen-bond donors (Lipinski definition) is 2. The Labute approximate surface area is 118 Å². The van der Waals surface area contributed by atoms with Crippen molar-refractivity contribution in [2.45, 2.75) is 12.8 Å². The molecule has 4 heteroatoms. The van der Waals surface area contributed by atoms with E-state index in [4.69, 9.17) is 0 Å². The summed E-state index contributed by atoms with van der Waals surface area (Å²) in [6.07, 6.45) is 4.10. The zero-order valence-corrected chi connectivity index (χ0v) is 11.4. The quantitative estimate of drug-likeness (QED) is 0.895. The number of fused-ring (bicyclic) bond motifs is 1. The first kappa shape index (κ1) is 13.1. The fourth-order valence-corrected chi connectivity index (χ4v) is 2.72. The lowest BCUT2D eigenvalue weighted by Gasteiger charge is -2.22. The fraction of sp³-hybridized carbons (Fsp3) is 0.375. The van der Waals surface area contributed by atoms with Crippen LogP contribution in [0.5, 0.6) is 0 Å². The van der Waals surface area contributed by atoms with Crippen LogP contribution in [-0.4, -0.2) is 30.5 Å². The van der Waals surface area contributed by atoms with Crippen molar-refractivity contribution in [3.63, 3.8) is 0 Å². The van der Waals surface area contributed by atoms with Gasteiger partial charge in [0.25, 0.3) is 5.91 Å². The Morgan fingerprint density at radius 1 is 1.35 bits per heavy atom. The lowest BCUT2D eigenvalue weighted by molar-refractivity contribution is 0.0946. The fourth-order valence-electron chi connectivity index (χ4n) is 2.72. The van der Waals surface area contributed by atoms with Crippen molar-refractivity contribution in [1.29, 1.82) is 0 Å². The minimum Gasteiger partial charge on any atom is -0.352 e. The maximum atomic E-state index is 12.3. The highest BCUT2D eigenvalue weighted by Gasteiger charge is 2.15. The van der Waals surface area contributed by atoms with Crippen molar-refractivity contribution in [2.75, 3.05) is 19.6 Å². The Kier molecular flexibility index (Phi) is 3.92. The zero-order chi connectivity index (χ0) is 13.8. The minimum absolute atomic E-state index is 0.0279. The second kappa shape index (κ2) is 6.01. The summed E-state index contributed by atoms with van der Waals surface area (Å²) in [7, 11) is 0. The number of amides is 1. The lowest BCUT2D eigenvalue weighted by atomic mass is 9.99. The summed E-state index contributed by atoms with van der Waals surface area (Å²) in [5.74, 6) is 0.510. The SMILES string of the molecule is O=C(NCC1CCCNC1)c1cccc2cccnc12. The molecular weight excluding hydrogens is 250 g/mol. The molecule has 0 saturated carbocycles. The molecule has 0 bridgehead atoms. The van der Waals surface area contributed by atoms with Crippen LogP contribution in [0.3, 0.4) is 0 Å². The van der Waals surface area contributed by atoms with E-state index in [0.717, 1.165) is 30.5 Å². The molecule has 1 atom stereocenters. The summed E-state index contributed by atoms with van der Waals surface area (Å²) < 4.78 is 0. The number of rotatable bonds is 3. The molecule has 1 saturated heterocycles. The third-order valence-electron chi connectivity index (χ3n) is 3.83. The molecule has 2 N–H and O–H groups in total. The number of carbonyl (C=O) groups excluding carboxylic acids is 1. The van der Waals surface area contributed by atoms with E-state index in [1.165, 1.54) is 12.8 Å². The number of nitrogens with one attached hydrogen (secondary N) is 2. The van der Waals surface area contributed by atoms with Crippen LogP contribution in [0.2, 0.25) is 0 Å². The largest absolute Gasteiger partial charge is 0.352 e. The maximum absolute atomic E-state index is 12.3. The highest BCUT2D eigenvalue weighted by atomic mass is 16.1. The second-order valence-electron chi connectivity index (χ2n) is 5.30. The van der Waals surface area contributed by atoms with E-state index in [9.17, 15) is 4.79 Å². The average molecular weight is 269 g/mol. The Morgan fingerprint density at radius 3 is 3.10 bits per heavy atom. The molecule has 1 aliphatic heterocycles. The van der Waals surface area contributed by atoms with E-state index in [1.807, 2.05) is 30.3 Å². The van der Waals surface area contributed by atoms with E-state index in [0.29, 0.717) is 11.5 Å². The van der Waals surface area contributed by atoms with Crippen LogP contribution in [0.15, 0.2) is 36.5 Å². The van der Waals surface area contributed by atoms with Crippen LogP contribution in [-0.2, 0) is 0 Å². The number of hydrogen-bond acceptors (Lipinski definition) is 3. The molecule has 1 aromatic carbocycles. The van der Waals surface area contributed by atoms with Gasteiger partial charge < -0.3 is 10.6 Å². The normalized spacial score (nSPS) is 18.9. The predicted molar refractivity (Wildman–Crippen MR) is 79.7 cm³/mol. The number of carbonyl (C=O) groups is 1. The highest BCUT2D eigenvalue weighted by Crippen LogP contribution is 2.16. The first-order chi connectivity index (χ1) is 9.84. The van der Waals surface area contributed by atoms with Crippen molar-refractivity contribution in [2.24, 2.45) is 5.92 Å². The van der Waals surface area contributed by atoms with Gasteiger partial charge in [-0.2, -0.15) is 0 Å². The van der Waals surface area contributed by atoms with Crippen molar-refractivity contribution in [1.82, 2.24) is 15.6 Å². The maximum Gasteiger partial charge on any atom is 0.253 e. The molecule has 0 spiro atoms. The molecule has 4 nitrogen and oxygen atoms in total. The third-order valence-corrected chi connectivity index (χ3v) is 3.83. The van der Waals surface area contributed by atoms with Crippen molar-refractivity contribution in [3.05, 3.63) is 42.1 Å². The molecule has 1 amide bonds. The van der Waals surface area contributed by atoms with Crippen LogP contribution in [0, 0.1) is 5.92 Å². The number of nitrogens with zero attached hydrogens (tertiary/aromatic N) is 1. The van der Waals surface area contributed by atoms with Gasteiger partial charge in [-0.05, 0) is 44.0 Å². The lowest BCUT2D eigenvalue weighted by Crippen LogP contribution is -2.38. The van der Waals surface area contributed by atoms with Crippen LogP contribution in [0.25, 0.3) is 10.9 Å². The van der Waals surface area contributed by atoms with Crippen LogP contribution in [0.4, 0.5) is 0 Å². The van der Waals surface area contributed by atoms with Crippen LogP contribution in [0.1, 0.15) is 23.2 Å². The number of piperidine rings is 1. The Hall–Kier alpha value is -1.94. The van der Waals surface area contributed by atoms with Gasteiger partial charge >= 0.3 is 0 Å². The Morgan fingerprint density at radius 2 is 2.25 bits per heavy atom. The minimum atomic E-state index is -0.0279. The van der Waals surface area contributed by atoms with Gasteiger partial charge in [0.15, 0.2) is 0 Å². The summed E-state index contributed by atoms with van der Waals surface area (Å²) in [6.45, 7) is 2.82. The van der Waals surface area contributed by atoms with E-state index in [1.54, 1.807) is 6.20 Å². The van der Waals surface area contributed by atoms with Gasteiger partial charge in [-0.15, -0.1) is 0 Å². The molecule has 3 rings (SSSR count). The molecule has 104 valence electrons. The Balaban J connectivity index is 1.72. The smallest absolute Gasteiger partial charge is 0.253 e. The monoisotopic (exact) mass is 269 g/mol. The highest BCUT2D eigenvalue weighted by molar-refractivity contribution is 6.05. The van der Waals surface area contributed by atoms with Crippen molar-refractivity contribution >= 4 is 16.8 Å². The van der Waals surface area contributed by atoms with E-state index in [-0.39, 0.29) is 5.91 Å². The van der Waals surface area contributed by atoms with E-state index in [2.05, 4.69) is 15.6 Å². The van der Waals surface area contributed by atoms with Crippen molar-refractivity contribution < 1.29 is 4.79 Å². The standard InChI is InChI=1S/C16H19N3O/c20-16(19-11-12-4-2-8-17-10-12)14-7-1-5-13-6-3-9-18-15(13)14/h1,3,5-7,9,12,17H,2,4,8,10-11H2,(H,19,20). The topological polar surface area (TPSA) is 54.0 Å². The van der Waals surface area contributed by atoms with Crippen molar-refractivity contribution in [3.8, 4) is 0 Å². The van der Waals surface area contributed by atoms with Gasteiger partial charge in [-0.25, -0.2) is 0 Å². The van der Waals surface area contributed by atoms with Gasteiger partial charge in [0.1, 0.15) is 0 Å². The summed E-state index contributed by atoms with van der Waals surface area (Å²) in [5.41, 5.74) is 1.43. The molecule has 1 unspecified atom stereocenters. The average Bonchev–Trinajstić information content (AvgIpc) is 2.53. The van der Waals surface area contributed by atoms with E-state index >= 15 is 0 Å². The number of para-hydroxylation sites is 1. The molecule has 1 aliphatic rings. The molecule has 1 fully saturated rings. The molecule has 1 aromatic heterocycles. The summed E-state index contributed by atoms with van der Waals surface area (Å²) in [6, 6.07) is 9.58. The molecule has 0 aliphatic carbocycles. The van der Waals surface area contributed by atoms with E-state index < -0.39 is 0 Å². The van der Waals surface area contributed by atoms with Gasteiger partial charge in [0, 0.05) is 18.1 Å². The molecule has 2 aromatic rings. The first-order valence-electron chi connectivity index (χ1n) is 7.17. The molecular formula is C16H19N3O. The third kappa shape index (κ3) is 2.80. The molecule has 20 heavy (non-hydrogen) atoms. The summed E-state index contributed by atoms with van der Waals surface area (Å²) in [5, 5.41) is 7.41. The van der Waals surface area contributed by atoms with Gasteiger partial charge in [-0.3, -0.25) is 9.78 Å². The number of pyridine rings is 1. The first-order valence-corrected chi connectivity index (χ1v) is 7.17. The number of aromatic nitrogens is 1. The molecule has 0 radical (unpaired) electrons. The summed E-state index contributed by atoms with van der Waals surface area (Å²) >= 11 is 0. The predicted octanol–water partition coefficient (Wildman–Crippen LogP) is 1.96. The summed E-state index contributed by atoms with van der Waals surface area (Å²) in [4.78, 5) is 16.7. The number of benzene rings is 1. The van der Waals surface area contributed by atoms with Gasteiger partial charge in [0.05, 0.1) is 11.1 Å². The Bertz CT molecular complexity index is 600. The molecule has 2 heterocycles. The van der Waals surface area contributed by atoms with Gasteiger partial charge in [-0.1, -0.05) is 18.2 Å². The zero-order valence-electron chi connectivity index (χ0n) is 11.4. The van der Waals surface area contributed by atoms with Crippen LogP contribution >= 0.6 is 0 Å². The van der Waals surface area contributed by atoms with Gasteiger partial charge in [0.2, 0.25) is 0 Å². The second-order valence-corrected chi connectivity index (χ2v) is 5.30. The van der Waals surface area contributed by atoms with Crippen LogP contribution < -0.4 is 10.6 Å².